The van der Waals surface area contributed by atoms with Crippen LogP contribution in [0.1, 0.15) is 47.2 Å². The van der Waals surface area contributed by atoms with Crippen molar-refractivity contribution in [1.29, 1.82) is 0 Å². The number of esters is 1. The van der Waals surface area contributed by atoms with Gasteiger partial charge in [-0.3, -0.25) is 4.79 Å². The third kappa shape index (κ3) is 2.55. The Hall–Kier alpha value is -2.75. The van der Waals surface area contributed by atoms with Gasteiger partial charge in [-0.1, -0.05) is 6.92 Å². The molecule has 0 amide bonds. The Kier molecular flexibility index (Phi) is 4.34. The molecule has 7 nitrogen and oxygen atoms in total. The number of aliphatic hydroxyl groups is 1. The zero-order valence-electron chi connectivity index (χ0n) is 18.4. The van der Waals surface area contributed by atoms with E-state index in [1.807, 2.05) is 7.05 Å². The molecule has 2 aromatic heterocycles. The van der Waals surface area contributed by atoms with Crippen molar-refractivity contribution in [3.8, 4) is 11.4 Å². The van der Waals surface area contributed by atoms with Crippen LogP contribution in [0.5, 0.6) is 0 Å². The summed E-state index contributed by atoms with van der Waals surface area (Å²) in [5, 5.41) is 15.4. The summed E-state index contributed by atoms with van der Waals surface area (Å²) < 4.78 is 21.5. The zero-order chi connectivity index (χ0) is 23.2. The van der Waals surface area contributed by atoms with Crippen LogP contribution < -0.4 is 10.9 Å². The summed E-state index contributed by atoms with van der Waals surface area (Å²) in [6.07, 6.45) is 0.0812. The number of nitrogens with zero attached hydrogens (tertiary/aromatic N) is 2. The first-order valence-corrected chi connectivity index (χ1v) is 11.9. The third-order valence-corrected chi connectivity index (χ3v) is 8.55. The number of pyridine rings is 2. The number of hydrogen-bond donors (Lipinski definition) is 2. The van der Waals surface area contributed by atoms with Crippen molar-refractivity contribution in [2.75, 3.05) is 12.8 Å². The van der Waals surface area contributed by atoms with Crippen LogP contribution in [0, 0.1) is 12.7 Å². The topological polar surface area (TPSA) is 93.5 Å². The summed E-state index contributed by atoms with van der Waals surface area (Å²) in [6, 6.07) is 3.16. The SMILES string of the molecule is CC[C@@]1(O)C(=O)OCc2c1cc1n(c2=O)Cc2c-1nc1cc(F)c(C)c3c1c2C(NC)CS3. The highest BCUT2D eigenvalue weighted by Gasteiger charge is 2.45. The molecule has 0 bridgehead atoms. The fourth-order valence-corrected chi connectivity index (χ4v) is 6.69. The van der Waals surface area contributed by atoms with Crippen molar-refractivity contribution in [1.82, 2.24) is 14.9 Å². The molecule has 0 fully saturated rings. The number of aromatic nitrogens is 2. The van der Waals surface area contributed by atoms with E-state index in [4.69, 9.17) is 9.72 Å². The molecule has 2 atom stereocenters. The molecule has 0 spiro atoms. The summed E-state index contributed by atoms with van der Waals surface area (Å²) in [5.74, 6) is -0.328. The highest BCUT2D eigenvalue weighted by atomic mass is 32.2. The molecule has 0 radical (unpaired) electrons. The number of carbonyl (C=O) groups excluding carboxylic acids is 1. The fourth-order valence-electron chi connectivity index (χ4n) is 5.35. The van der Waals surface area contributed by atoms with E-state index in [9.17, 15) is 19.1 Å². The molecule has 0 saturated heterocycles. The van der Waals surface area contributed by atoms with E-state index in [1.54, 1.807) is 36.2 Å². The fraction of sp³-hybridized carbons (Fsp3) is 0.375. The predicted octanol–water partition coefficient (Wildman–Crippen LogP) is 2.89. The lowest BCUT2D eigenvalue weighted by atomic mass is 9.86. The molecule has 1 unspecified atom stereocenters. The molecular formula is C24H22FN3O4S. The standard InChI is InChI=1S/C24H22FN3O4S/c1-4-24(31)13-5-17-20-11(7-28(17)22(29)12(13)8-32-23(24)30)18-16(26-3)9-33-21-10(2)14(25)6-15(27-20)19(18)21/h5-6,16,26,31H,4,7-9H2,1-3H3/t16?,24-/m0/s1. The average molecular weight is 468 g/mol. The summed E-state index contributed by atoms with van der Waals surface area (Å²) in [7, 11) is 1.89. The van der Waals surface area contributed by atoms with E-state index >= 15 is 0 Å². The summed E-state index contributed by atoms with van der Waals surface area (Å²) in [4.78, 5) is 31.6. The Labute approximate surface area is 193 Å². The molecule has 170 valence electrons. The van der Waals surface area contributed by atoms with Gasteiger partial charge in [0.1, 0.15) is 12.4 Å². The van der Waals surface area contributed by atoms with Crippen LogP contribution in [0.25, 0.3) is 22.3 Å². The number of benzene rings is 1. The highest BCUT2D eigenvalue weighted by molar-refractivity contribution is 7.99. The second-order valence-electron chi connectivity index (χ2n) is 8.81. The van der Waals surface area contributed by atoms with Crippen molar-refractivity contribution in [2.45, 2.75) is 50.0 Å². The second-order valence-corrected chi connectivity index (χ2v) is 9.84. The smallest absolute Gasteiger partial charge is 0.343 e. The Morgan fingerprint density at radius 3 is 2.88 bits per heavy atom. The van der Waals surface area contributed by atoms with E-state index < -0.39 is 11.6 Å². The van der Waals surface area contributed by atoms with Gasteiger partial charge < -0.3 is 19.7 Å². The minimum absolute atomic E-state index is 0.0173. The number of hydrogen-bond acceptors (Lipinski definition) is 7. The minimum Gasteiger partial charge on any atom is -0.458 e. The van der Waals surface area contributed by atoms with Crippen molar-refractivity contribution >= 4 is 28.6 Å². The molecule has 6 rings (SSSR count). The largest absolute Gasteiger partial charge is 0.458 e. The van der Waals surface area contributed by atoms with Gasteiger partial charge in [-0.2, -0.15) is 0 Å². The normalized spacial score (nSPS) is 22.7. The van der Waals surface area contributed by atoms with Gasteiger partial charge in [-0.15, -0.1) is 11.8 Å². The molecule has 3 aliphatic heterocycles. The van der Waals surface area contributed by atoms with E-state index in [0.717, 1.165) is 27.2 Å². The number of fused-ring (bicyclic) bond motifs is 5. The summed E-state index contributed by atoms with van der Waals surface area (Å²) in [6.45, 7) is 3.61. The minimum atomic E-state index is -1.88. The number of halogens is 1. The van der Waals surface area contributed by atoms with Crippen LogP contribution in [-0.2, 0) is 28.3 Å². The first kappa shape index (κ1) is 20.8. The van der Waals surface area contributed by atoms with E-state index in [2.05, 4.69) is 5.32 Å². The monoisotopic (exact) mass is 467 g/mol. The molecule has 3 aliphatic rings. The average Bonchev–Trinajstić information content (AvgIpc) is 3.18. The van der Waals surface area contributed by atoms with Crippen molar-refractivity contribution in [2.24, 2.45) is 0 Å². The van der Waals surface area contributed by atoms with Crippen molar-refractivity contribution in [3.05, 3.63) is 56.1 Å². The van der Waals surface area contributed by atoms with Crippen LogP contribution in [0.15, 0.2) is 21.8 Å². The third-order valence-electron chi connectivity index (χ3n) is 7.25. The maximum atomic E-state index is 14.7. The van der Waals surface area contributed by atoms with Gasteiger partial charge in [0.15, 0.2) is 5.60 Å². The Morgan fingerprint density at radius 1 is 1.36 bits per heavy atom. The lowest BCUT2D eigenvalue weighted by Crippen LogP contribution is -2.44. The van der Waals surface area contributed by atoms with Gasteiger partial charge in [0.05, 0.1) is 29.0 Å². The first-order valence-electron chi connectivity index (χ1n) is 10.9. The first-order chi connectivity index (χ1) is 15.8. The Morgan fingerprint density at radius 2 is 2.15 bits per heavy atom. The van der Waals surface area contributed by atoms with Gasteiger partial charge in [0, 0.05) is 39.3 Å². The van der Waals surface area contributed by atoms with Crippen molar-refractivity contribution < 1.29 is 19.0 Å². The van der Waals surface area contributed by atoms with E-state index in [1.165, 1.54) is 6.07 Å². The lowest BCUT2D eigenvalue weighted by molar-refractivity contribution is -0.172. The maximum absolute atomic E-state index is 14.7. The maximum Gasteiger partial charge on any atom is 0.343 e. The number of thioether (sulfide) groups is 1. The molecule has 0 aliphatic carbocycles. The molecule has 0 saturated carbocycles. The summed E-state index contributed by atoms with van der Waals surface area (Å²) >= 11 is 1.61. The van der Waals surface area contributed by atoms with E-state index in [-0.39, 0.29) is 41.6 Å². The van der Waals surface area contributed by atoms with Crippen molar-refractivity contribution in [3.63, 3.8) is 0 Å². The number of carbonyl (C=O) groups is 1. The van der Waals surface area contributed by atoms with Crippen LogP contribution in [0.2, 0.25) is 0 Å². The Balaban J connectivity index is 1.70. The van der Waals surface area contributed by atoms with E-state index in [0.29, 0.717) is 29.0 Å². The second kappa shape index (κ2) is 6.88. The molecule has 33 heavy (non-hydrogen) atoms. The molecular weight excluding hydrogens is 445 g/mol. The van der Waals surface area contributed by atoms with Gasteiger partial charge in [-0.25, -0.2) is 14.2 Å². The molecule has 2 N–H and O–H groups in total. The molecule has 5 heterocycles. The lowest BCUT2D eigenvalue weighted by Gasteiger charge is -2.31. The van der Waals surface area contributed by atoms with Gasteiger partial charge in [0.2, 0.25) is 0 Å². The van der Waals surface area contributed by atoms with Crippen LogP contribution in [-0.4, -0.2) is 33.4 Å². The number of rotatable bonds is 2. The molecule has 1 aromatic carbocycles. The molecule has 9 heteroatoms. The van der Waals surface area contributed by atoms with Gasteiger partial charge >= 0.3 is 5.97 Å². The number of nitrogens with one attached hydrogen (secondary N) is 1. The van der Waals surface area contributed by atoms with Gasteiger partial charge in [-0.05, 0) is 37.6 Å². The molecule has 3 aromatic rings. The van der Waals surface area contributed by atoms with Gasteiger partial charge in [0.25, 0.3) is 5.56 Å². The zero-order valence-corrected chi connectivity index (χ0v) is 19.2. The quantitative estimate of drug-likeness (QED) is 0.438. The highest BCUT2D eigenvalue weighted by Crippen LogP contribution is 2.48. The van der Waals surface area contributed by atoms with Crippen LogP contribution in [0.3, 0.4) is 0 Å². The van der Waals surface area contributed by atoms with Crippen LogP contribution in [0.4, 0.5) is 4.39 Å². The summed E-state index contributed by atoms with van der Waals surface area (Å²) in [5.41, 5.74) is 2.61. The van der Waals surface area contributed by atoms with Crippen LogP contribution >= 0.6 is 11.8 Å². The number of ether oxygens (including phenoxy) is 1. The number of cyclic esters (lactones) is 1. The predicted molar refractivity (Wildman–Crippen MR) is 122 cm³/mol. The Bertz CT molecular complexity index is 1470.